The molecule has 2 rings (SSSR count). The Morgan fingerprint density at radius 2 is 2.25 bits per heavy atom. The smallest absolute Gasteiger partial charge is 0.137 e. The summed E-state index contributed by atoms with van der Waals surface area (Å²) >= 11 is 3.11. The van der Waals surface area contributed by atoms with Gasteiger partial charge in [-0.1, -0.05) is 0 Å². The number of halogens is 2. The minimum absolute atomic E-state index is 0.297. The summed E-state index contributed by atoms with van der Waals surface area (Å²) in [6, 6.07) is 3.16. The van der Waals surface area contributed by atoms with Crippen LogP contribution >= 0.6 is 15.9 Å². The van der Waals surface area contributed by atoms with Crippen molar-refractivity contribution in [3.05, 3.63) is 33.5 Å². The lowest BCUT2D eigenvalue weighted by Crippen LogP contribution is -1.91. The summed E-state index contributed by atoms with van der Waals surface area (Å²) in [6.07, 6.45) is 1.09. The molecular weight excluding hydrogens is 223 g/mol. The van der Waals surface area contributed by atoms with E-state index in [0.29, 0.717) is 10.9 Å². The zero-order valence-electron chi connectivity index (χ0n) is 6.35. The van der Waals surface area contributed by atoms with Crippen LogP contribution in [0.1, 0.15) is 23.7 Å². The first-order valence-electron chi connectivity index (χ1n) is 3.84. The number of fused-ring (bicyclic) bond motifs is 1. The van der Waals surface area contributed by atoms with Gasteiger partial charge in [0.1, 0.15) is 5.82 Å². The quantitative estimate of drug-likeness (QED) is 0.727. The first-order valence-corrected chi connectivity index (χ1v) is 4.63. The third kappa shape index (κ3) is 1.17. The van der Waals surface area contributed by atoms with E-state index in [-0.39, 0.29) is 5.82 Å². The molecule has 0 bridgehead atoms. The van der Waals surface area contributed by atoms with Crippen LogP contribution in [0.2, 0.25) is 0 Å². The second kappa shape index (κ2) is 2.82. The maximum absolute atomic E-state index is 13.0. The van der Waals surface area contributed by atoms with Crippen molar-refractivity contribution in [1.82, 2.24) is 0 Å². The Hall–Kier alpha value is -0.410. The van der Waals surface area contributed by atoms with Crippen molar-refractivity contribution in [3.63, 3.8) is 0 Å². The number of hydrogen-bond donors (Lipinski definition) is 1. The zero-order valence-corrected chi connectivity index (χ0v) is 7.94. The van der Waals surface area contributed by atoms with Crippen molar-refractivity contribution in [3.8, 4) is 0 Å². The summed E-state index contributed by atoms with van der Waals surface area (Å²) < 4.78 is 13.5. The van der Waals surface area contributed by atoms with Crippen molar-refractivity contribution in [2.24, 2.45) is 0 Å². The molecule has 1 atom stereocenters. The number of aryl methyl sites for hydroxylation is 1. The molecule has 0 saturated carbocycles. The summed E-state index contributed by atoms with van der Waals surface area (Å²) in [5, 5.41) is 9.41. The van der Waals surface area contributed by atoms with Gasteiger partial charge in [-0.2, -0.15) is 0 Å². The van der Waals surface area contributed by atoms with Gasteiger partial charge in [0.05, 0.1) is 10.6 Å². The summed E-state index contributed by atoms with van der Waals surface area (Å²) in [4.78, 5) is 0. The third-order valence-electron chi connectivity index (χ3n) is 2.23. The van der Waals surface area contributed by atoms with Crippen LogP contribution in [0, 0.1) is 5.82 Å². The van der Waals surface area contributed by atoms with Crippen molar-refractivity contribution in [2.45, 2.75) is 18.9 Å². The number of aliphatic hydroxyl groups is 1. The molecule has 1 aliphatic rings. The topological polar surface area (TPSA) is 20.2 Å². The Morgan fingerprint density at radius 1 is 1.50 bits per heavy atom. The molecule has 1 unspecified atom stereocenters. The Kier molecular flexibility index (Phi) is 1.93. The van der Waals surface area contributed by atoms with Crippen molar-refractivity contribution < 1.29 is 9.50 Å². The van der Waals surface area contributed by atoms with Gasteiger partial charge in [0.2, 0.25) is 0 Å². The molecule has 1 nitrogen and oxygen atoms in total. The van der Waals surface area contributed by atoms with Crippen LogP contribution in [0.3, 0.4) is 0 Å². The van der Waals surface area contributed by atoms with E-state index >= 15 is 0 Å². The fourth-order valence-electron chi connectivity index (χ4n) is 1.58. The van der Waals surface area contributed by atoms with Crippen molar-refractivity contribution in [2.75, 3.05) is 0 Å². The molecule has 64 valence electrons. The molecule has 1 aliphatic carbocycles. The fourth-order valence-corrected chi connectivity index (χ4v) is 1.97. The van der Waals surface area contributed by atoms with E-state index in [0.717, 1.165) is 17.5 Å². The average molecular weight is 231 g/mol. The van der Waals surface area contributed by atoms with Gasteiger partial charge in [0, 0.05) is 0 Å². The minimum Gasteiger partial charge on any atom is -0.388 e. The van der Waals surface area contributed by atoms with Crippen LogP contribution in [0.5, 0.6) is 0 Å². The summed E-state index contributed by atoms with van der Waals surface area (Å²) in [5.74, 6) is -0.297. The number of benzene rings is 1. The normalized spacial score (nSPS) is 21.1. The van der Waals surface area contributed by atoms with Crippen LogP contribution in [0.25, 0.3) is 0 Å². The largest absolute Gasteiger partial charge is 0.388 e. The lowest BCUT2D eigenvalue weighted by molar-refractivity contribution is 0.179. The Bertz CT molecular complexity index is 325. The van der Waals surface area contributed by atoms with Crippen molar-refractivity contribution in [1.29, 1.82) is 0 Å². The van der Waals surface area contributed by atoms with E-state index in [4.69, 9.17) is 0 Å². The molecular formula is C9H8BrFO. The average Bonchev–Trinajstić information content (AvgIpc) is 2.35. The van der Waals surface area contributed by atoms with Gasteiger partial charge < -0.3 is 5.11 Å². The summed E-state index contributed by atoms with van der Waals surface area (Å²) in [7, 11) is 0. The highest BCUT2D eigenvalue weighted by molar-refractivity contribution is 9.10. The third-order valence-corrected chi connectivity index (χ3v) is 2.84. The second-order valence-electron chi connectivity index (χ2n) is 3.02. The first-order chi connectivity index (χ1) is 5.68. The first kappa shape index (κ1) is 8.20. The van der Waals surface area contributed by atoms with Crippen LogP contribution in [-0.4, -0.2) is 5.11 Å². The van der Waals surface area contributed by atoms with Gasteiger partial charge in [0.15, 0.2) is 0 Å². The van der Waals surface area contributed by atoms with Crippen LogP contribution in [0.4, 0.5) is 4.39 Å². The van der Waals surface area contributed by atoms with Crippen LogP contribution in [0.15, 0.2) is 16.6 Å². The molecule has 12 heavy (non-hydrogen) atoms. The maximum Gasteiger partial charge on any atom is 0.137 e. The Morgan fingerprint density at radius 3 is 3.00 bits per heavy atom. The molecule has 0 aromatic heterocycles. The lowest BCUT2D eigenvalue weighted by Gasteiger charge is -2.04. The van der Waals surface area contributed by atoms with Crippen LogP contribution < -0.4 is 0 Å². The SMILES string of the molecule is OC1CCc2cc(Br)c(F)cc21. The van der Waals surface area contributed by atoms with E-state index in [9.17, 15) is 9.50 Å². The highest BCUT2D eigenvalue weighted by Crippen LogP contribution is 2.33. The van der Waals surface area contributed by atoms with E-state index in [1.165, 1.54) is 6.07 Å². The zero-order chi connectivity index (χ0) is 8.72. The number of hydrogen-bond acceptors (Lipinski definition) is 1. The highest BCUT2D eigenvalue weighted by atomic mass is 79.9. The molecule has 3 heteroatoms. The van der Waals surface area contributed by atoms with E-state index in [1.807, 2.05) is 0 Å². The molecule has 0 saturated heterocycles. The van der Waals surface area contributed by atoms with Gasteiger partial charge in [-0.15, -0.1) is 0 Å². The molecule has 1 aromatic rings. The minimum atomic E-state index is -0.470. The molecule has 0 spiro atoms. The highest BCUT2D eigenvalue weighted by Gasteiger charge is 2.21. The standard InChI is InChI=1S/C9H8BrFO/c10-7-3-5-1-2-9(12)6(5)4-8(7)11/h3-4,9,12H,1-2H2. The van der Waals surface area contributed by atoms with E-state index in [1.54, 1.807) is 6.07 Å². The molecule has 0 fully saturated rings. The Labute approximate surface area is 78.3 Å². The maximum atomic E-state index is 13.0. The van der Waals surface area contributed by atoms with Crippen molar-refractivity contribution >= 4 is 15.9 Å². The predicted molar refractivity (Wildman–Crippen MR) is 47.4 cm³/mol. The number of rotatable bonds is 0. The Balaban J connectivity index is 2.56. The monoisotopic (exact) mass is 230 g/mol. The molecule has 0 amide bonds. The summed E-state index contributed by atoms with van der Waals surface area (Å²) in [5.41, 5.74) is 1.80. The van der Waals surface area contributed by atoms with Crippen LogP contribution in [-0.2, 0) is 6.42 Å². The van der Waals surface area contributed by atoms with Gasteiger partial charge >= 0.3 is 0 Å². The fraction of sp³-hybridized carbons (Fsp3) is 0.333. The van der Waals surface area contributed by atoms with Gasteiger partial charge in [0.25, 0.3) is 0 Å². The molecule has 0 radical (unpaired) electrons. The van der Waals surface area contributed by atoms with E-state index < -0.39 is 6.10 Å². The molecule has 1 N–H and O–H groups in total. The predicted octanol–water partition coefficient (Wildman–Crippen LogP) is 2.57. The lowest BCUT2D eigenvalue weighted by atomic mass is 10.1. The molecule has 0 heterocycles. The van der Waals surface area contributed by atoms with Gasteiger partial charge in [-0.25, -0.2) is 4.39 Å². The second-order valence-corrected chi connectivity index (χ2v) is 3.87. The summed E-state index contributed by atoms with van der Waals surface area (Å²) in [6.45, 7) is 0. The van der Waals surface area contributed by atoms with Gasteiger partial charge in [-0.05, 0) is 52.0 Å². The number of aliphatic hydroxyl groups excluding tert-OH is 1. The van der Waals surface area contributed by atoms with E-state index in [2.05, 4.69) is 15.9 Å². The molecule has 1 aromatic carbocycles. The van der Waals surface area contributed by atoms with Gasteiger partial charge in [-0.3, -0.25) is 0 Å². The molecule has 0 aliphatic heterocycles.